The molecule has 0 spiro atoms. The van der Waals surface area contributed by atoms with Gasteiger partial charge in [0.25, 0.3) is 0 Å². The van der Waals surface area contributed by atoms with E-state index in [1.165, 1.54) is 0 Å². The molecule has 27 heavy (non-hydrogen) atoms. The van der Waals surface area contributed by atoms with Gasteiger partial charge in [0.2, 0.25) is 5.91 Å². The molecule has 0 bridgehead atoms. The fourth-order valence-corrected chi connectivity index (χ4v) is 4.03. The van der Waals surface area contributed by atoms with Gasteiger partial charge >= 0.3 is 0 Å². The molecule has 3 rings (SSSR count). The van der Waals surface area contributed by atoms with Crippen LogP contribution in [-0.4, -0.2) is 65.1 Å². The number of β-amino-alcohol motifs (C(OH)–C–C–N with tert-alkyl or cyclic N) is 1. The van der Waals surface area contributed by atoms with Crippen LogP contribution in [0, 0.1) is 13.8 Å². The number of aliphatic hydroxyl groups excluding tert-OH is 1. The second-order valence-corrected chi connectivity index (χ2v) is 8.06. The van der Waals surface area contributed by atoms with Crippen molar-refractivity contribution in [1.82, 2.24) is 14.8 Å². The summed E-state index contributed by atoms with van der Waals surface area (Å²) in [6.45, 7) is 9.75. The summed E-state index contributed by atoms with van der Waals surface area (Å²) in [5.74, 6) is -0.0257. The molecule has 1 aliphatic heterocycles. The fraction of sp³-hybridized carbons (Fsp3) is 0.500. The van der Waals surface area contributed by atoms with E-state index in [0.29, 0.717) is 6.42 Å². The Hall–Kier alpha value is -1.80. The van der Waals surface area contributed by atoms with Crippen LogP contribution in [0.3, 0.4) is 0 Å². The lowest BCUT2D eigenvalue weighted by molar-refractivity contribution is -0.115. The monoisotopic (exact) mass is 388 g/mol. The van der Waals surface area contributed by atoms with E-state index in [0.717, 1.165) is 66.8 Å². The highest BCUT2D eigenvalue weighted by Crippen LogP contribution is 2.18. The third-order valence-corrected chi connectivity index (χ3v) is 5.74. The number of aliphatic hydroxyl groups is 1. The van der Waals surface area contributed by atoms with Crippen LogP contribution in [0.4, 0.5) is 5.69 Å². The lowest BCUT2D eigenvalue weighted by Gasteiger charge is -2.33. The van der Waals surface area contributed by atoms with Gasteiger partial charge in [-0.15, -0.1) is 11.3 Å². The van der Waals surface area contributed by atoms with Crippen molar-refractivity contribution in [1.29, 1.82) is 0 Å². The maximum absolute atomic E-state index is 12.4. The Morgan fingerprint density at radius 3 is 2.70 bits per heavy atom. The van der Waals surface area contributed by atoms with Crippen LogP contribution >= 0.6 is 11.3 Å². The Morgan fingerprint density at radius 1 is 1.22 bits per heavy atom. The van der Waals surface area contributed by atoms with E-state index in [-0.39, 0.29) is 12.5 Å². The summed E-state index contributed by atoms with van der Waals surface area (Å²) >= 11 is 1.55. The van der Waals surface area contributed by atoms with Gasteiger partial charge in [-0.1, -0.05) is 12.1 Å². The second-order valence-electron chi connectivity index (χ2n) is 7.12. The van der Waals surface area contributed by atoms with Gasteiger partial charge in [0.05, 0.1) is 18.7 Å². The van der Waals surface area contributed by atoms with Crippen molar-refractivity contribution in [2.45, 2.75) is 26.8 Å². The lowest BCUT2D eigenvalue weighted by Crippen LogP contribution is -2.46. The number of hydrogen-bond donors (Lipinski definition) is 2. The Kier molecular flexibility index (Phi) is 6.95. The number of aryl methyl sites for hydroxylation is 2. The second kappa shape index (κ2) is 9.41. The zero-order valence-corrected chi connectivity index (χ0v) is 16.9. The van der Waals surface area contributed by atoms with Crippen molar-refractivity contribution in [2.75, 3.05) is 44.6 Å². The maximum atomic E-state index is 12.4. The first-order valence-corrected chi connectivity index (χ1v) is 10.3. The van der Waals surface area contributed by atoms with Crippen LogP contribution in [-0.2, 0) is 17.8 Å². The molecule has 1 amide bonds. The van der Waals surface area contributed by atoms with Crippen molar-refractivity contribution < 1.29 is 9.90 Å². The number of nitrogens with one attached hydrogen (secondary N) is 1. The quantitative estimate of drug-likeness (QED) is 0.760. The van der Waals surface area contributed by atoms with E-state index in [2.05, 4.69) is 25.5 Å². The first-order valence-electron chi connectivity index (χ1n) is 9.39. The fourth-order valence-electron chi connectivity index (χ4n) is 3.25. The van der Waals surface area contributed by atoms with Gasteiger partial charge in [0, 0.05) is 50.3 Å². The summed E-state index contributed by atoms with van der Waals surface area (Å²) in [7, 11) is 0. The minimum atomic E-state index is -0.0257. The van der Waals surface area contributed by atoms with Gasteiger partial charge in [-0.3, -0.25) is 14.6 Å². The van der Waals surface area contributed by atoms with Crippen LogP contribution in [0.25, 0.3) is 0 Å². The molecule has 0 unspecified atom stereocenters. The number of aromatic nitrogens is 1. The molecule has 0 saturated carbocycles. The predicted molar refractivity (Wildman–Crippen MR) is 109 cm³/mol. The van der Waals surface area contributed by atoms with Crippen LogP contribution in [0.1, 0.15) is 21.8 Å². The van der Waals surface area contributed by atoms with Crippen molar-refractivity contribution in [3.63, 3.8) is 0 Å². The summed E-state index contributed by atoms with van der Waals surface area (Å²) in [6.07, 6.45) is 0.308. The molecule has 0 aliphatic carbocycles. The number of thiazole rings is 1. The smallest absolute Gasteiger partial charge is 0.231 e. The van der Waals surface area contributed by atoms with E-state index in [4.69, 9.17) is 5.11 Å². The Morgan fingerprint density at radius 2 is 1.96 bits per heavy atom. The van der Waals surface area contributed by atoms with Gasteiger partial charge in [0.15, 0.2) is 0 Å². The van der Waals surface area contributed by atoms with Gasteiger partial charge in [-0.05, 0) is 31.0 Å². The molecule has 6 nitrogen and oxygen atoms in total. The van der Waals surface area contributed by atoms with Crippen molar-refractivity contribution in [2.24, 2.45) is 0 Å². The highest BCUT2D eigenvalue weighted by atomic mass is 32.1. The van der Waals surface area contributed by atoms with Crippen molar-refractivity contribution in [3.8, 4) is 0 Å². The minimum Gasteiger partial charge on any atom is -0.395 e. The number of nitrogens with zero attached hydrogens (tertiary/aromatic N) is 3. The number of carbonyl (C=O) groups excluding carboxylic acids is 1. The van der Waals surface area contributed by atoms with Crippen LogP contribution < -0.4 is 5.32 Å². The molecule has 1 aromatic heterocycles. The molecule has 0 atom stereocenters. The molecule has 1 fully saturated rings. The number of rotatable bonds is 7. The Labute approximate surface area is 164 Å². The largest absolute Gasteiger partial charge is 0.395 e. The summed E-state index contributed by atoms with van der Waals surface area (Å²) < 4.78 is 0. The van der Waals surface area contributed by atoms with Gasteiger partial charge in [-0.25, -0.2) is 4.98 Å². The third-order valence-electron chi connectivity index (χ3n) is 4.84. The molecule has 1 aliphatic rings. The summed E-state index contributed by atoms with van der Waals surface area (Å²) in [6, 6.07) is 6.06. The third kappa shape index (κ3) is 5.84. The average Bonchev–Trinajstić information content (AvgIpc) is 3.07. The number of benzene rings is 1. The molecular formula is C20H28N4O2S. The minimum absolute atomic E-state index is 0.0257. The van der Waals surface area contributed by atoms with E-state index in [9.17, 15) is 4.79 Å². The zero-order chi connectivity index (χ0) is 19.2. The van der Waals surface area contributed by atoms with Gasteiger partial charge < -0.3 is 10.4 Å². The Bertz CT molecular complexity index is 769. The molecule has 1 saturated heterocycles. The van der Waals surface area contributed by atoms with Crippen molar-refractivity contribution in [3.05, 3.63) is 45.4 Å². The topological polar surface area (TPSA) is 68.7 Å². The number of piperazine rings is 1. The highest BCUT2D eigenvalue weighted by Gasteiger charge is 2.18. The summed E-state index contributed by atoms with van der Waals surface area (Å²) in [4.78, 5) is 21.7. The normalized spacial score (nSPS) is 15.8. The first-order chi connectivity index (χ1) is 13.0. The lowest BCUT2D eigenvalue weighted by atomic mass is 10.1. The molecule has 146 valence electrons. The molecule has 7 heteroatoms. The number of hydrogen-bond acceptors (Lipinski definition) is 6. The molecule has 2 heterocycles. The molecular weight excluding hydrogens is 360 g/mol. The van der Waals surface area contributed by atoms with Crippen molar-refractivity contribution >= 4 is 22.9 Å². The van der Waals surface area contributed by atoms with Crippen LogP contribution in [0.5, 0.6) is 0 Å². The molecule has 2 N–H and O–H groups in total. The highest BCUT2D eigenvalue weighted by molar-refractivity contribution is 7.09. The van der Waals surface area contributed by atoms with Crippen LogP contribution in [0.15, 0.2) is 23.6 Å². The van der Waals surface area contributed by atoms with E-state index >= 15 is 0 Å². The maximum Gasteiger partial charge on any atom is 0.231 e. The van der Waals surface area contributed by atoms with Crippen LogP contribution in [0.2, 0.25) is 0 Å². The summed E-state index contributed by atoms with van der Waals surface area (Å²) in [5, 5.41) is 14.9. The Balaban J connectivity index is 1.49. The van der Waals surface area contributed by atoms with Gasteiger partial charge in [-0.2, -0.15) is 0 Å². The molecule has 2 aromatic rings. The number of amides is 1. The van der Waals surface area contributed by atoms with E-state index in [1.54, 1.807) is 11.3 Å². The number of carbonyl (C=O) groups is 1. The average molecular weight is 389 g/mol. The zero-order valence-electron chi connectivity index (χ0n) is 16.1. The van der Waals surface area contributed by atoms with E-state index in [1.807, 2.05) is 32.0 Å². The molecule has 1 aromatic carbocycles. The number of anilines is 1. The summed E-state index contributed by atoms with van der Waals surface area (Å²) in [5.41, 5.74) is 4.10. The first kappa shape index (κ1) is 19.9. The standard InChI is InChI=1S/C20H28N4O2S/c1-15-3-4-16(2)18(11-15)22-19(26)12-20-21-17(14-27-20)13-24-7-5-23(6-8-24)9-10-25/h3-4,11,14,25H,5-10,12-13H2,1-2H3,(H,22,26). The molecule has 0 radical (unpaired) electrons. The predicted octanol–water partition coefficient (Wildman–Crippen LogP) is 2.05. The van der Waals surface area contributed by atoms with E-state index < -0.39 is 0 Å². The van der Waals surface area contributed by atoms with Gasteiger partial charge in [0.1, 0.15) is 5.01 Å². The SMILES string of the molecule is Cc1ccc(C)c(NC(=O)Cc2nc(CN3CCN(CCO)CC3)cs2)c1.